The summed E-state index contributed by atoms with van der Waals surface area (Å²) in [5.41, 5.74) is 0. The number of rotatable bonds is 8. The first-order valence-electron chi connectivity index (χ1n) is 7.78. The molecule has 0 unspecified atom stereocenters. The number of benzene rings is 1. The van der Waals surface area contributed by atoms with Gasteiger partial charge in [0, 0.05) is 37.5 Å². The molecule has 7 nitrogen and oxygen atoms in total. The largest absolute Gasteiger partial charge is 0.497 e. The lowest BCUT2D eigenvalue weighted by molar-refractivity contribution is 0.392. The highest BCUT2D eigenvalue weighted by atomic mass is 32.2. The Kier molecular flexibility index (Phi) is 4.77. The minimum Gasteiger partial charge on any atom is -0.497 e. The van der Waals surface area contributed by atoms with Crippen LogP contribution in [0.3, 0.4) is 0 Å². The molecule has 0 radical (unpaired) electrons. The van der Waals surface area contributed by atoms with E-state index < -0.39 is 10.0 Å². The summed E-state index contributed by atoms with van der Waals surface area (Å²) in [6, 6.07) is 4.69. The van der Waals surface area contributed by atoms with Crippen molar-refractivity contribution in [2.45, 2.75) is 30.2 Å². The molecule has 0 atom stereocenters. The van der Waals surface area contributed by atoms with Gasteiger partial charge in [0.2, 0.25) is 10.0 Å². The van der Waals surface area contributed by atoms with Crippen molar-refractivity contribution in [1.82, 2.24) is 14.3 Å². The van der Waals surface area contributed by atoms with E-state index in [-0.39, 0.29) is 17.2 Å². The second kappa shape index (κ2) is 6.82. The molecular weight excluding hydrogens is 330 g/mol. The van der Waals surface area contributed by atoms with Crippen molar-refractivity contribution in [3.8, 4) is 11.5 Å². The molecule has 1 saturated carbocycles. The molecule has 1 aromatic heterocycles. The zero-order valence-electron chi connectivity index (χ0n) is 13.7. The summed E-state index contributed by atoms with van der Waals surface area (Å²) < 4.78 is 40.0. The lowest BCUT2D eigenvalue weighted by Crippen LogP contribution is -2.28. The van der Waals surface area contributed by atoms with Crippen molar-refractivity contribution in [3.05, 3.63) is 36.4 Å². The molecule has 1 fully saturated rings. The molecule has 0 amide bonds. The Morgan fingerprint density at radius 3 is 2.75 bits per heavy atom. The first kappa shape index (κ1) is 16.8. The van der Waals surface area contributed by atoms with Gasteiger partial charge in [-0.25, -0.2) is 18.1 Å². The fourth-order valence-corrected chi connectivity index (χ4v) is 3.79. The van der Waals surface area contributed by atoms with Crippen molar-refractivity contribution >= 4 is 10.0 Å². The van der Waals surface area contributed by atoms with Gasteiger partial charge in [0.15, 0.2) is 0 Å². The zero-order valence-corrected chi connectivity index (χ0v) is 14.5. The van der Waals surface area contributed by atoms with E-state index in [0.29, 0.717) is 18.2 Å². The zero-order chi connectivity index (χ0) is 17.2. The number of imidazole rings is 1. The monoisotopic (exact) mass is 351 g/mol. The van der Waals surface area contributed by atoms with E-state index in [4.69, 9.17) is 9.47 Å². The van der Waals surface area contributed by atoms with E-state index in [9.17, 15) is 8.42 Å². The van der Waals surface area contributed by atoms with Crippen LogP contribution >= 0.6 is 0 Å². The normalized spacial score (nSPS) is 14.6. The molecule has 1 heterocycles. The third kappa shape index (κ3) is 3.54. The van der Waals surface area contributed by atoms with Crippen LogP contribution in [0.2, 0.25) is 0 Å². The van der Waals surface area contributed by atoms with Gasteiger partial charge in [0.05, 0.1) is 14.2 Å². The summed E-state index contributed by atoms with van der Waals surface area (Å²) in [6.45, 7) is 0.816. The van der Waals surface area contributed by atoms with Gasteiger partial charge in [-0.2, -0.15) is 0 Å². The minimum atomic E-state index is -3.70. The first-order chi connectivity index (χ1) is 11.5. The second-order valence-corrected chi connectivity index (χ2v) is 7.40. The average Bonchev–Trinajstić information content (AvgIpc) is 3.33. The summed E-state index contributed by atoms with van der Waals surface area (Å²) in [5, 5.41) is 0. The number of nitrogens with zero attached hydrogens (tertiary/aromatic N) is 2. The number of nitrogens with one attached hydrogen (secondary N) is 1. The molecule has 0 bridgehead atoms. The van der Waals surface area contributed by atoms with Gasteiger partial charge < -0.3 is 14.0 Å². The maximum atomic E-state index is 12.6. The predicted molar refractivity (Wildman–Crippen MR) is 88.9 cm³/mol. The average molecular weight is 351 g/mol. The van der Waals surface area contributed by atoms with Crippen LogP contribution in [-0.2, 0) is 16.6 Å². The fourth-order valence-electron chi connectivity index (χ4n) is 2.58. The standard InChI is InChI=1S/C16H21N3O4S/c1-22-13-5-6-14(23-2)15(11-13)24(20,21)18-8-10-19-9-7-17-16(19)12-3-4-12/h5-7,9,11-12,18H,3-4,8,10H2,1-2H3. The summed E-state index contributed by atoms with van der Waals surface area (Å²) in [4.78, 5) is 4.42. The molecule has 8 heteroatoms. The number of aromatic nitrogens is 2. The maximum absolute atomic E-state index is 12.6. The highest BCUT2D eigenvalue weighted by Gasteiger charge is 2.28. The molecule has 3 rings (SSSR count). The molecule has 1 aliphatic rings. The Morgan fingerprint density at radius 2 is 2.08 bits per heavy atom. The summed E-state index contributed by atoms with van der Waals surface area (Å²) in [7, 11) is -0.766. The SMILES string of the molecule is COc1ccc(OC)c(S(=O)(=O)NCCn2ccnc2C2CC2)c1. The number of hydrogen-bond acceptors (Lipinski definition) is 5. The van der Waals surface area contributed by atoms with Crippen molar-refractivity contribution < 1.29 is 17.9 Å². The highest BCUT2D eigenvalue weighted by Crippen LogP contribution is 2.38. The Bertz CT molecular complexity index is 812. The van der Waals surface area contributed by atoms with Gasteiger partial charge in [-0.3, -0.25) is 0 Å². The van der Waals surface area contributed by atoms with E-state index in [0.717, 1.165) is 18.7 Å². The predicted octanol–water partition coefficient (Wildman–Crippen LogP) is 1.76. The molecule has 2 aromatic rings. The molecule has 1 aliphatic carbocycles. The molecule has 0 aliphatic heterocycles. The van der Waals surface area contributed by atoms with Crippen molar-refractivity contribution in [2.75, 3.05) is 20.8 Å². The third-order valence-corrected chi connectivity index (χ3v) is 5.48. The Labute approximate surface area is 141 Å². The number of ether oxygens (including phenoxy) is 2. The molecule has 1 N–H and O–H groups in total. The summed E-state index contributed by atoms with van der Waals surface area (Å²) >= 11 is 0. The quantitative estimate of drug-likeness (QED) is 0.783. The molecule has 130 valence electrons. The van der Waals surface area contributed by atoms with Crippen molar-refractivity contribution in [2.24, 2.45) is 0 Å². The number of sulfonamides is 1. The number of methoxy groups -OCH3 is 2. The van der Waals surface area contributed by atoms with Crippen LogP contribution in [0.4, 0.5) is 0 Å². The third-order valence-electron chi connectivity index (χ3n) is 4.00. The fraction of sp³-hybridized carbons (Fsp3) is 0.438. The van der Waals surface area contributed by atoms with Crippen LogP contribution in [0.15, 0.2) is 35.5 Å². The Balaban J connectivity index is 1.70. The number of hydrogen-bond donors (Lipinski definition) is 1. The van der Waals surface area contributed by atoms with E-state index in [2.05, 4.69) is 9.71 Å². The topological polar surface area (TPSA) is 82.5 Å². The Hall–Kier alpha value is -2.06. The second-order valence-electron chi connectivity index (χ2n) is 5.67. The minimum absolute atomic E-state index is 0.0670. The molecule has 0 spiro atoms. The molecule has 0 saturated heterocycles. The van der Waals surface area contributed by atoms with Gasteiger partial charge in [0.1, 0.15) is 22.2 Å². The highest BCUT2D eigenvalue weighted by molar-refractivity contribution is 7.89. The van der Waals surface area contributed by atoms with E-state index in [1.807, 2.05) is 10.8 Å². The lowest BCUT2D eigenvalue weighted by atomic mass is 10.3. The van der Waals surface area contributed by atoms with Crippen LogP contribution in [0.25, 0.3) is 0 Å². The van der Waals surface area contributed by atoms with Crippen LogP contribution < -0.4 is 14.2 Å². The van der Waals surface area contributed by atoms with Gasteiger partial charge >= 0.3 is 0 Å². The maximum Gasteiger partial charge on any atom is 0.244 e. The van der Waals surface area contributed by atoms with E-state index >= 15 is 0 Å². The molecular formula is C16H21N3O4S. The van der Waals surface area contributed by atoms with Gasteiger partial charge in [-0.15, -0.1) is 0 Å². The van der Waals surface area contributed by atoms with Crippen molar-refractivity contribution in [3.63, 3.8) is 0 Å². The van der Waals surface area contributed by atoms with Crippen LogP contribution in [0.5, 0.6) is 11.5 Å². The van der Waals surface area contributed by atoms with Crippen LogP contribution in [0.1, 0.15) is 24.6 Å². The van der Waals surface area contributed by atoms with Gasteiger partial charge in [-0.05, 0) is 25.0 Å². The van der Waals surface area contributed by atoms with E-state index in [1.54, 1.807) is 18.3 Å². The molecule has 24 heavy (non-hydrogen) atoms. The smallest absolute Gasteiger partial charge is 0.244 e. The van der Waals surface area contributed by atoms with Gasteiger partial charge in [0.25, 0.3) is 0 Å². The van der Waals surface area contributed by atoms with Crippen LogP contribution in [-0.4, -0.2) is 38.7 Å². The first-order valence-corrected chi connectivity index (χ1v) is 9.26. The lowest BCUT2D eigenvalue weighted by Gasteiger charge is -2.13. The summed E-state index contributed by atoms with van der Waals surface area (Å²) in [5.74, 6) is 2.30. The Morgan fingerprint density at radius 1 is 1.29 bits per heavy atom. The van der Waals surface area contributed by atoms with Crippen LogP contribution in [0, 0.1) is 0 Å². The van der Waals surface area contributed by atoms with Crippen molar-refractivity contribution in [1.29, 1.82) is 0 Å². The van der Waals surface area contributed by atoms with E-state index in [1.165, 1.54) is 20.3 Å². The molecule has 1 aromatic carbocycles. The van der Waals surface area contributed by atoms with Gasteiger partial charge in [-0.1, -0.05) is 0 Å². The summed E-state index contributed by atoms with van der Waals surface area (Å²) in [6.07, 6.45) is 5.95.